The Morgan fingerprint density at radius 2 is 2.14 bits per heavy atom. The van der Waals surface area contributed by atoms with Crippen molar-refractivity contribution in [2.24, 2.45) is 0 Å². The standard InChI is InChI=1S/C14H23N3O3S2/c1-11(13-4-3-9-21-13)15-14(18)10-17-7-5-12(6-8-17)16-22(2,19)20/h3-4,9,11-12,16H,5-8,10H2,1-2H3,(H,15,18). The summed E-state index contributed by atoms with van der Waals surface area (Å²) in [6.07, 6.45) is 2.65. The summed E-state index contributed by atoms with van der Waals surface area (Å²) in [5.41, 5.74) is 0. The van der Waals surface area contributed by atoms with E-state index in [0.717, 1.165) is 30.8 Å². The van der Waals surface area contributed by atoms with Crippen LogP contribution < -0.4 is 10.0 Å². The molecule has 0 aliphatic carbocycles. The molecule has 1 unspecified atom stereocenters. The fourth-order valence-corrected chi connectivity index (χ4v) is 4.19. The molecule has 0 spiro atoms. The Kier molecular flexibility index (Phi) is 5.96. The monoisotopic (exact) mass is 345 g/mol. The summed E-state index contributed by atoms with van der Waals surface area (Å²) in [7, 11) is -3.15. The quantitative estimate of drug-likeness (QED) is 0.804. The average Bonchev–Trinajstić information content (AvgIpc) is 2.93. The largest absolute Gasteiger partial charge is 0.348 e. The minimum absolute atomic E-state index is 0.00965. The van der Waals surface area contributed by atoms with Gasteiger partial charge in [0.05, 0.1) is 18.8 Å². The first-order chi connectivity index (χ1) is 10.3. The van der Waals surface area contributed by atoms with E-state index in [1.54, 1.807) is 11.3 Å². The molecular weight excluding hydrogens is 322 g/mol. The lowest BCUT2D eigenvalue weighted by molar-refractivity contribution is -0.123. The molecule has 1 fully saturated rings. The molecule has 0 bridgehead atoms. The van der Waals surface area contributed by atoms with Crippen LogP contribution in [0.15, 0.2) is 17.5 Å². The van der Waals surface area contributed by atoms with E-state index < -0.39 is 10.0 Å². The van der Waals surface area contributed by atoms with E-state index in [1.807, 2.05) is 24.4 Å². The summed E-state index contributed by atoms with van der Waals surface area (Å²) in [6.45, 7) is 3.80. The normalized spacial score (nSPS) is 19.0. The molecule has 2 heterocycles. The number of likely N-dealkylation sites (tertiary alicyclic amines) is 1. The summed E-state index contributed by atoms with van der Waals surface area (Å²) < 4.78 is 25.0. The maximum Gasteiger partial charge on any atom is 0.234 e. The number of nitrogens with zero attached hydrogens (tertiary/aromatic N) is 1. The number of sulfonamides is 1. The zero-order chi connectivity index (χ0) is 16.2. The van der Waals surface area contributed by atoms with E-state index in [2.05, 4.69) is 14.9 Å². The van der Waals surface area contributed by atoms with Crippen molar-refractivity contribution in [2.75, 3.05) is 25.9 Å². The second-order valence-electron chi connectivity index (χ2n) is 5.75. The molecule has 1 aliphatic rings. The number of amides is 1. The second kappa shape index (κ2) is 7.54. The van der Waals surface area contributed by atoms with E-state index in [9.17, 15) is 13.2 Å². The van der Waals surface area contributed by atoms with E-state index in [1.165, 1.54) is 6.26 Å². The van der Waals surface area contributed by atoms with Gasteiger partial charge in [-0.15, -0.1) is 11.3 Å². The number of carbonyl (C=O) groups excluding carboxylic acids is 1. The predicted octanol–water partition coefficient (Wildman–Crippen LogP) is 0.939. The van der Waals surface area contributed by atoms with Crippen LogP contribution in [0.25, 0.3) is 0 Å². The van der Waals surface area contributed by atoms with Crippen LogP contribution in [0.3, 0.4) is 0 Å². The molecule has 124 valence electrons. The van der Waals surface area contributed by atoms with Gasteiger partial charge in [-0.1, -0.05) is 6.07 Å². The maximum atomic E-state index is 12.1. The third-order valence-corrected chi connectivity index (χ3v) is 5.50. The fraction of sp³-hybridized carbons (Fsp3) is 0.643. The zero-order valence-electron chi connectivity index (χ0n) is 12.9. The van der Waals surface area contributed by atoms with Crippen molar-refractivity contribution >= 4 is 27.3 Å². The molecule has 1 amide bonds. The highest BCUT2D eigenvalue weighted by molar-refractivity contribution is 7.88. The summed E-state index contributed by atoms with van der Waals surface area (Å²) in [4.78, 5) is 15.3. The van der Waals surface area contributed by atoms with Crippen molar-refractivity contribution in [1.29, 1.82) is 0 Å². The third kappa shape index (κ3) is 5.68. The van der Waals surface area contributed by atoms with E-state index in [4.69, 9.17) is 0 Å². The number of hydrogen-bond acceptors (Lipinski definition) is 5. The SMILES string of the molecule is CC(NC(=O)CN1CCC(NS(C)(=O)=O)CC1)c1cccs1. The fourth-order valence-electron chi connectivity index (χ4n) is 2.61. The third-order valence-electron chi connectivity index (χ3n) is 3.68. The molecule has 1 aliphatic heterocycles. The first kappa shape index (κ1) is 17.4. The number of nitrogens with one attached hydrogen (secondary N) is 2. The van der Waals surface area contributed by atoms with Gasteiger partial charge < -0.3 is 5.32 Å². The van der Waals surface area contributed by atoms with Crippen molar-refractivity contribution in [3.8, 4) is 0 Å². The molecule has 0 radical (unpaired) electrons. The maximum absolute atomic E-state index is 12.1. The first-order valence-electron chi connectivity index (χ1n) is 7.36. The van der Waals surface area contributed by atoms with Crippen molar-refractivity contribution < 1.29 is 13.2 Å². The van der Waals surface area contributed by atoms with Gasteiger partial charge in [0.15, 0.2) is 0 Å². The molecule has 22 heavy (non-hydrogen) atoms. The second-order valence-corrected chi connectivity index (χ2v) is 8.50. The van der Waals surface area contributed by atoms with Crippen LogP contribution >= 0.6 is 11.3 Å². The summed E-state index contributed by atoms with van der Waals surface area (Å²) >= 11 is 1.63. The summed E-state index contributed by atoms with van der Waals surface area (Å²) in [5, 5.41) is 4.99. The molecule has 0 aromatic carbocycles. The molecule has 8 heteroatoms. The molecule has 2 rings (SSSR count). The van der Waals surface area contributed by atoms with Crippen LogP contribution in [0.1, 0.15) is 30.7 Å². The van der Waals surface area contributed by atoms with Crippen LogP contribution in [0, 0.1) is 0 Å². The van der Waals surface area contributed by atoms with Crippen LogP contribution in [0.4, 0.5) is 0 Å². The first-order valence-corrected chi connectivity index (χ1v) is 10.1. The van der Waals surface area contributed by atoms with E-state index in [-0.39, 0.29) is 18.0 Å². The molecule has 1 aromatic heterocycles. The van der Waals surface area contributed by atoms with Crippen LogP contribution in [0.2, 0.25) is 0 Å². The average molecular weight is 345 g/mol. The van der Waals surface area contributed by atoms with Crippen molar-refractivity contribution in [3.63, 3.8) is 0 Å². The Bertz CT molecular complexity index is 578. The molecule has 1 atom stereocenters. The van der Waals surface area contributed by atoms with Crippen LogP contribution in [-0.2, 0) is 14.8 Å². The topological polar surface area (TPSA) is 78.5 Å². The molecular formula is C14H23N3O3S2. The molecule has 1 aromatic rings. The van der Waals surface area contributed by atoms with Crippen LogP contribution in [-0.4, -0.2) is 51.2 Å². The lowest BCUT2D eigenvalue weighted by Gasteiger charge is -2.31. The number of thiophene rings is 1. The van der Waals surface area contributed by atoms with E-state index in [0.29, 0.717) is 6.54 Å². The molecule has 0 saturated carbocycles. The Balaban J connectivity index is 1.72. The number of piperidine rings is 1. The lowest BCUT2D eigenvalue weighted by atomic mass is 10.1. The predicted molar refractivity (Wildman–Crippen MR) is 88.3 cm³/mol. The minimum Gasteiger partial charge on any atom is -0.348 e. The van der Waals surface area contributed by atoms with Crippen LogP contribution in [0.5, 0.6) is 0 Å². The Labute approximate surface area is 135 Å². The number of hydrogen-bond donors (Lipinski definition) is 2. The number of carbonyl (C=O) groups is 1. The Morgan fingerprint density at radius 3 is 2.68 bits per heavy atom. The number of rotatable bonds is 6. The van der Waals surface area contributed by atoms with Gasteiger partial charge in [-0.05, 0) is 31.2 Å². The summed E-state index contributed by atoms with van der Waals surface area (Å²) in [5.74, 6) is 0.00965. The highest BCUT2D eigenvalue weighted by atomic mass is 32.2. The van der Waals surface area contributed by atoms with Gasteiger partial charge in [-0.3, -0.25) is 9.69 Å². The van der Waals surface area contributed by atoms with Crippen molar-refractivity contribution in [3.05, 3.63) is 22.4 Å². The van der Waals surface area contributed by atoms with Gasteiger partial charge in [0.25, 0.3) is 0 Å². The van der Waals surface area contributed by atoms with Crippen molar-refractivity contribution in [2.45, 2.75) is 31.8 Å². The Morgan fingerprint density at radius 1 is 1.45 bits per heavy atom. The molecule has 2 N–H and O–H groups in total. The Hall–Kier alpha value is -0.960. The molecule has 1 saturated heterocycles. The minimum atomic E-state index is -3.15. The smallest absolute Gasteiger partial charge is 0.234 e. The van der Waals surface area contributed by atoms with Gasteiger partial charge in [0.1, 0.15) is 0 Å². The van der Waals surface area contributed by atoms with Gasteiger partial charge >= 0.3 is 0 Å². The van der Waals surface area contributed by atoms with Gasteiger partial charge in [-0.25, -0.2) is 13.1 Å². The van der Waals surface area contributed by atoms with Gasteiger partial charge in [-0.2, -0.15) is 0 Å². The highest BCUT2D eigenvalue weighted by Crippen LogP contribution is 2.18. The molecule has 6 nitrogen and oxygen atoms in total. The van der Waals surface area contributed by atoms with Gasteiger partial charge in [0.2, 0.25) is 15.9 Å². The highest BCUT2D eigenvalue weighted by Gasteiger charge is 2.23. The summed E-state index contributed by atoms with van der Waals surface area (Å²) in [6, 6.07) is 4.00. The van der Waals surface area contributed by atoms with Crippen molar-refractivity contribution in [1.82, 2.24) is 14.9 Å². The zero-order valence-corrected chi connectivity index (χ0v) is 14.5. The van der Waals surface area contributed by atoms with Gasteiger partial charge in [0, 0.05) is 24.0 Å². The lowest BCUT2D eigenvalue weighted by Crippen LogP contribution is -2.47. The van der Waals surface area contributed by atoms with E-state index >= 15 is 0 Å².